The summed E-state index contributed by atoms with van der Waals surface area (Å²) in [5.74, 6) is -0.723. The molecule has 0 bridgehead atoms. The van der Waals surface area contributed by atoms with Crippen molar-refractivity contribution in [3.05, 3.63) is 23.7 Å². The average Bonchev–Trinajstić information content (AvgIpc) is 2.69. The highest BCUT2D eigenvalue weighted by Crippen LogP contribution is 2.09. The molecule has 0 atom stereocenters. The number of hydrogen-bond donors (Lipinski definition) is 1. The fourth-order valence-corrected chi connectivity index (χ4v) is 1.47. The first-order chi connectivity index (χ1) is 8.40. The number of carbonyl (C=O) groups excluding carboxylic acids is 1. The van der Waals surface area contributed by atoms with Crippen LogP contribution in [0.3, 0.4) is 0 Å². The zero-order valence-corrected chi connectivity index (χ0v) is 10.8. The Balaban J connectivity index is 2.75. The van der Waals surface area contributed by atoms with Gasteiger partial charge < -0.3 is 19.3 Å². The summed E-state index contributed by atoms with van der Waals surface area (Å²) in [6, 6.07) is 1.60. The number of likely N-dealkylation sites (N-methyl/N-ethyl adjacent to an activating group) is 1. The van der Waals surface area contributed by atoms with E-state index < -0.39 is 5.97 Å². The number of carboxylic acid groups (broad SMARTS) is 1. The van der Waals surface area contributed by atoms with E-state index in [4.69, 9.17) is 9.52 Å². The van der Waals surface area contributed by atoms with E-state index in [2.05, 4.69) is 0 Å². The Morgan fingerprint density at radius 1 is 1.33 bits per heavy atom. The molecule has 18 heavy (non-hydrogen) atoms. The van der Waals surface area contributed by atoms with E-state index in [1.807, 2.05) is 19.0 Å². The summed E-state index contributed by atoms with van der Waals surface area (Å²) in [7, 11) is 3.73. The van der Waals surface area contributed by atoms with E-state index >= 15 is 0 Å². The molecule has 0 saturated heterocycles. The molecule has 0 fully saturated rings. The van der Waals surface area contributed by atoms with Gasteiger partial charge in [-0.15, -0.1) is 0 Å². The van der Waals surface area contributed by atoms with Gasteiger partial charge in [-0.2, -0.15) is 0 Å². The quantitative estimate of drug-likeness (QED) is 0.808. The largest absolute Gasteiger partial charge is 0.480 e. The second-order valence-electron chi connectivity index (χ2n) is 4.37. The molecule has 0 spiro atoms. The maximum Gasteiger partial charge on any atom is 0.323 e. The van der Waals surface area contributed by atoms with Crippen LogP contribution in [-0.2, 0) is 4.79 Å². The molecule has 1 aromatic rings. The van der Waals surface area contributed by atoms with Gasteiger partial charge in [0.15, 0.2) is 0 Å². The van der Waals surface area contributed by atoms with Gasteiger partial charge in [-0.1, -0.05) is 0 Å². The lowest BCUT2D eigenvalue weighted by atomic mass is 10.2. The Kier molecular flexibility index (Phi) is 4.91. The van der Waals surface area contributed by atoms with Crippen LogP contribution in [0.25, 0.3) is 0 Å². The number of carbonyl (C=O) groups is 2. The number of furan rings is 1. The number of carboxylic acids is 1. The lowest BCUT2D eigenvalue weighted by molar-refractivity contribution is -0.137. The summed E-state index contributed by atoms with van der Waals surface area (Å²) in [4.78, 5) is 26.0. The van der Waals surface area contributed by atoms with Crippen LogP contribution < -0.4 is 0 Å². The van der Waals surface area contributed by atoms with E-state index in [0.29, 0.717) is 24.4 Å². The Morgan fingerprint density at radius 3 is 2.44 bits per heavy atom. The van der Waals surface area contributed by atoms with Crippen molar-refractivity contribution in [1.82, 2.24) is 9.80 Å². The van der Waals surface area contributed by atoms with Crippen molar-refractivity contribution in [2.24, 2.45) is 0 Å². The van der Waals surface area contributed by atoms with Crippen molar-refractivity contribution in [1.29, 1.82) is 0 Å². The summed E-state index contributed by atoms with van der Waals surface area (Å²) >= 11 is 0. The second-order valence-corrected chi connectivity index (χ2v) is 4.37. The minimum atomic E-state index is -1.03. The molecule has 0 aromatic carbocycles. The average molecular weight is 254 g/mol. The van der Waals surface area contributed by atoms with Crippen molar-refractivity contribution in [2.45, 2.75) is 6.92 Å². The highest BCUT2D eigenvalue weighted by atomic mass is 16.4. The van der Waals surface area contributed by atoms with E-state index in [9.17, 15) is 9.59 Å². The normalized spacial score (nSPS) is 10.7. The number of rotatable bonds is 6. The van der Waals surface area contributed by atoms with Crippen LogP contribution in [0.15, 0.2) is 16.7 Å². The number of aryl methyl sites for hydroxylation is 1. The summed E-state index contributed by atoms with van der Waals surface area (Å²) in [6.07, 6.45) is 1.35. The second kappa shape index (κ2) is 6.20. The molecule has 1 aromatic heterocycles. The molecule has 6 nitrogen and oxygen atoms in total. The van der Waals surface area contributed by atoms with E-state index in [1.54, 1.807) is 13.0 Å². The molecule has 0 saturated carbocycles. The summed E-state index contributed by atoms with van der Waals surface area (Å²) < 4.78 is 5.06. The SMILES string of the molecule is Cc1cc(C(=O)N(CCN(C)C)CC(=O)O)co1. The number of aliphatic carboxylic acids is 1. The predicted molar refractivity (Wildman–Crippen MR) is 65.5 cm³/mol. The number of nitrogens with zero attached hydrogens (tertiary/aromatic N) is 2. The van der Waals surface area contributed by atoms with Gasteiger partial charge in [-0.05, 0) is 27.1 Å². The molecular formula is C12H18N2O4. The lowest BCUT2D eigenvalue weighted by Crippen LogP contribution is -2.39. The minimum absolute atomic E-state index is 0.309. The first-order valence-corrected chi connectivity index (χ1v) is 5.61. The molecule has 1 amide bonds. The van der Waals surface area contributed by atoms with Gasteiger partial charge in [0.2, 0.25) is 0 Å². The molecule has 100 valence electrons. The topological polar surface area (TPSA) is 74.0 Å². The van der Waals surface area contributed by atoms with Crippen molar-refractivity contribution in [3.8, 4) is 0 Å². The van der Waals surface area contributed by atoms with Crippen LogP contribution in [0.5, 0.6) is 0 Å². The highest BCUT2D eigenvalue weighted by molar-refractivity contribution is 5.95. The van der Waals surface area contributed by atoms with Crippen LogP contribution in [0, 0.1) is 6.92 Å². The maximum atomic E-state index is 12.1. The zero-order valence-electron chi connectivity index (χ0n) is 10.8. The van der Waals surface area contributed by atoms with Crippen molar-refractivity contribution in [2.75, 3.05) is 33.7 Å². The summed E-state index contributed by atoms with van der Waals surface area (Å²) in [5, 5.41) is 8.82. The third-order valence-corrected chi connectivity index (χ3v) is 2.41. The van der Waals surface area contributed by atoms with Crippen LogP contribution in [0.1, 0.15) is 16.1 Å². The minimum Gasteiger partial charge on any atom is -0.480 e. The smallest absolute Gasteiger partial charge is 0.323 e. The third-order valence-electron chi connectivity index (χ3n) is 2.41. The number of hydrogen-bond acceptors (Lipinski definition) is 4. The Bertz CT molecular complexity index is 425. The molecule has 1 rings (SSSR count). The summed E-state index contributed by atoms with van der Waals surface area (Å²) in [6.45, 7) is 2.40. The van der Waals surface area contributed by atoms with Gasteiger partial charge in [0, 0.05) is 13.1 Å². The van der Waals surface area contributed by atoms with Crippen molar-refractivity contribution < 1.29 is 19.1 Å². The van der Waals surface area contributed by atoms with Gasteiger partial charge in [-0.25, -0.2) is 0 Å². The van der Waals surface area contributed by atoms with Gasteiger partial charge in [0.1, 0.15) is 18.6 Å². The number of amides is 1. The first-order valence-electron chi connectivity index (χ1n) is 5.61. The highest BCUT2D eigenvalue weighted by Gasteiger charge is 2.19. The Morgan fingerprint density at radius 2 is 2.00 bits per heavy atom. The molecule has 0 aliphatic heterocycles. The van der Waals surface area contributed by atoms with Gasteiger partial charge in [0.05, 0.1) is 5.56 Å². The molecule has 6 heteroatoms. The zero-order chi connectivity index (χ0) is 13.7. The van der Waals surface area contributed by atoms with Crippen LogP contribution >= 0.6 is 0 Å². The molecule has 0 unspecified atom stereocenters. The third kappa shape index (κ3) is 4.21. The van der Waals surface area contributed by atoms with Gasteiger partial charge in [-0.3, -0.25) is 9.59 Å². The lowest BCUT2D eigenvalue weighted by Gasteiger charge is -2.22. The van der Waals surface area contributed by atoms with Gasteiger partial charge in [0.25, 0.3) is 5.91 Å². The van der Waals surface area contributed by atoms with Crippen LogP contribution in [-0.4, -0.2) is 60.5 Å². The molecule has 0 aliphatic carbocycles. The fraction of sp³-hybridized carbons (Fsp3) is 0.500. The molecule has 1 heterocycles. The standard InChI is InChI=1S/C12H18N2O4/c1-9-6-10(8-18-9)12(17)14(7-11(15)16)5-4-13(2)3/h6,8H,4-5,7H2,1-3H3,(H,15,16). The fourth-order valence-electron chi connectivity index (χ4n) is 1.47. The summed E-state index contributed by atoms with van der Waals surface area (Å²) in [5.41, 5.74) is 0.382. The van der Waals surface area contributed by atoms with E-state index in [-0.39, 0.29) is 12.5 Å². The predicted octanol–water partition coefficient (Wildman–Crippen LogP) is 0.676. The maximum absolute atomic E-state index is 12.1. The molecule has 0 aliphatic rings. The molecule has 0 radical (unpaired) electrons. The van der Waals surface area contributed by atoms with Crippen molar-refractivity contribution in [3.63, 3.8) is 0 Å². The van der Waals surface area contributed by atoms with Crippen molar-refractivity contribution >= 4 is 11.9 Å². The van der Waals surface area contributed by atoms with Crippen LogP contribution in [0.2, 0.25) is 0 Å². The van der Waals surface area contributed by atoms with E-state index in [1.165, 1.54) is 11.2 Å². The molecular weight excluding hydrogens is 236 g/mol. The van der Waals surface area contributed by atoms with E-state index in [0.717, 1.165) is 0 Å². The monoisotopic (exact) mass is 254 g/mol. The first kappa shape index (κ1) is 14.2. The Labute approximate surface area is 106 Å². The van der Waals surface area contributed by atoms with Gasteiger partial charge >= 0.3 is 5.97 Å². The van der Waals surface area contributed by atoms with Crippen LogP contribution in [0.4, 0.5) is 0 Å². The molecule has 1 N–H and O–H groups in total. The Hall–Kier alpha value is -1.82.